The van der Waals surface area contributed by atoms with Crippen LogP contribution < -0.4 is 4.74 Å². The van der Waals surface area contributed by atoms with Gasteiger partial charge in [-0.15, -0.1) is 22.9 Å². The third-order valence-corrected chi connectivity index (χ3v) is 5.69. The first-order valence-electron chi connectivity index (χ1n) is 5.93. The maximum absolute atomic E-state index is 6.50. The normalized spacial score (nSPS) is 12.4. The SMILES string of the molecule is CCCOc1cccc(C(Cl)c2cc(Cl)c(Br)s2)c1. The van der Waals surface area contributed by atoms with Gasteiger partial charge in [0.25, 0.3) is 0 Å². The summed E-state index contributed by atoms with van der Waals surface area (Å²) in [5.41, 5.74) is 1.01. The predicted octanol–water partition coefficient (Wildman–Crippen LogP) is 6.28. The molecule has 19 heavy (non-hydrogen) atoms. The van der Waals surface area contributed by atoms with E-state index in [9.17, 15) is 0 Å². The second kappa shape index (κ2) is 6.98. The van der Waals surface area contributed by atoms with Crippen molar-refractivity contribution in [2.24, 2.45) is 0 Å². The minimum atomic E-state index is -0.209. The Bertz CT molecular complexity index is 537. The van der Waals surface area contributed by atoms with E-state index in [1.165, 1.54) is 0 Å². The summed E-state index contributed by atoms with van der Waals surface area (Å²) in [4.78, 5) is 1.02. The molecule has 0 radical (unpaired) electrons. The van der Waals surface area contributed by atoms with Gasteiger partial charge in [-0.05, 0) is 46.1 Å². The Kier molecular flexibility index (Phi) is 5.58. The van der Waals surface area contributed by atoms with Gasteiger partial charge in [0.2, 0.25) is 0 Å². The summed E-state index contributed by atoms with van der Waals surface area (Å²) >= 11 is 17.5. The molecular formula is C14H13BrCl2OS. The van der Waals surface area contributed by atoms with Crippen LogP contribution in [0.2, 0.25) is 5.02 Å². The number of alkyl halides is 1. The van der Waals surface area contributed by atoms with Crippen molar-refractivity contribution < 1.29 is 4.74 Å². The Morgan fingerprint density at radius 2 is 2.16 bits per heavy atom. The van der Waals surface area contributed by atoms with Gasteiger partial charge in [0.15, 0.2) is 0 Å². The Morgan fingerprint density at radius 1 is 1.37 bits per heavy atom. The molecule has 0 fully saturated rings. The zero-order chi connectivity index (χ0) is 13.8. The van der Waals surface area contributed by atoms with Crippen molar-refractivity contribution in [2.45, 2.75) is 18.7 Å². The zero-order valence-corrected chi connectivity index (χ0v) is 14.2. The van der Waals surface area contributed by atoms with E-state index in [0.29, 0.717) is 11.6 Å². The summed E-state index contributed by atoms with van der Waals surface area (Å²) < 4.78 is 6.53. The van der Waals surface area contributed by atoms with Crippen LogP contribution in [0.15, 0.2) is 34.1 Å². The van der Waals surface area contributed by atoms with Gasteiger partial charge in [0.05, 0.1) is 20.8 Å². The summed E-state index contributed by atoms with van der Waals surface area (Å²) in [7, 11) is 0. The number of hydrogen-bond donors (Lipinski definition) is 0. The fourth-order valence-corrected chi connectivity index (χ4v) is 3.72. The van der Waals surface area contributed by atoms with Crippen molar-refractivity contribution in [3.05, 3.63) is 49.6 Å². The first-order chi connectivity index (χ1) is 9.11. The van der Waals surface area contributed by atoms with Gasteiger partial charge in [-0.1, -0.05) is 30.7 Å². The molecule has 0 bridgehead atoms. The van der Waals surface area contributed by atoms with Crippen LogP contribution in [-0.4, -0.2) is 6.61 Å². The number of rotatable bonds is 5. The van der Waals surface area contributed by atoms with Crippen molar-refractivity contribution in [3.63, 3.8) is 0 Å². The molecule has 0 spiro atoms. The van der Waals surface area contributed by atoms with Crippen molar-refractivity contribution in [1.29, 1.82) is 0 Å². The van der Waals surface area contributed by atoms with Crippen molar-refractivity contribution in [1.82, 2.24) is 0 Å². The van der Waals surface area contributed by atoms with Gasteiger partial charge in [-0.25, -0.2) is 0 Å². The lowest BCUT2D eigenvalue weighted by Crippen LogP contribution is -1.96. The highest BCUT2D eigenvalue weighted by molar-refractivity contribution is 9.11. The van der Waals surface area contributed by atoms with E-state index in [0.717, 1.165) is 26.4 Å². The second-order valence-electron chi connectivity index (χ2n) is 4.05. The van der Waals surface area contributed by atoms with E-state index in [1.807, 2.05) is 30.3 Å². The Balaban J connectivity index is 2.20. The van der Waals surface area contributed by atoms with E-state index < -0.39 is 0 Å². The number of thiophene rings is 1. The maximum Gasteiger partial charge on any atom is 0.119 e. The third kappa shape index (κ3) is 3.88. The average Bonchev–Trinajstić information content (AvgIpc) is 2.76. The molecule has 0 N–H and O–H groups in total. The second-order valence-corrected chi connectivity index (χ2v) is 7.30. The molecule has 0 aliphatic heterocycles. The molecule has 1 nitrogen and oxygen atoms in total. The standard InChI is InChI=1S/C14H13BrCl2OS/c1-2-6-18-10-5-3-4-9(7-10)13(17)12-8-11(16)14(15)19-12/h3-5,7-8,13H,2,6H2,1H3. The topological polar surface area (TPSA) is 9.23 Å². The predicted molar refractivity (Wildman–Crippen MR) is 87.0 cm³/mol. The summed E-state index contributed by atoms with van der Waals surface area (Å²) in [6.07, 6.45) is 0.988. The summed E-state index contributed by atoms with van der Waals surface area (Å²) in [5, 5.41) is 0.489. The molecule has 5 heteroatoms. The van der Waals surface area contributed by atoms with Crippen LogP contribution >= 0.6 is 50.5 Å². The molecule has 0 aliphatic rings. The number of hydrogen-bond acceptors (Lipinski definition) is 2. The largest absolute Gasteiger partial charge is 0.494 e. The van der Waals surface area contributed by atoms with Crippen molar-refractivity contribution in [2.75, 3.05) is 6.61 Å². The highest BCUT2D eigenvalue weighted by Gasteiger charge is 2.16. The van der Waals surface area contributed by atoms with Crippen LogP contribution in [0.4, 0.5) is 0 Å². The molecule has 1 aromatic carbocycles. The highest BCUT2D eigenvalue weighted by Crippen LogP contribution is 2.40. The third-order valence-electron chi connectivity index (χ3n) is 2.54. The van der Waals surface area contributed by atoms with E-state index in [2.05, 4.69) is 22.9 Å². The fraction of sp³-hybridized carbons (Fsp3) is 0.286. The molecule has 1 aromatic heterocycles. The molecule has 1 heterocycles. The maximum atomic E-state index is 6.50. The van der Waals surface area contributed by atoms with Crippen LogP contribution in [0.25, 0.3) is 0 Å². The van der Waals surface area contributed by atoms with Gasteiger partial charge in [-0.2, -0.15) is 0 Å². The lowest BCUT2D eigenvalue weighted by Gasteiger charge is -2.10. The van der Waals surface area contributed by atoms with Gasteiger partial charge >= 0.3 is 0 Å². The number of ether oxygens (including phenoxy) is 1. The Labute approximate surface area is 135 Å². The summed E-state index contributed by atoms with van der Waals surface area (Å²) in [6.45, 7) is 2.80. The van der Waals surface area contributed by atoms with Crippen LogP contribution in [-0.2, 0) is 0 Å². The minimum absolute atomic E-state index is 0.209. The molecular weight excluding hydrogens is 367 g/mol. The molecule has 0 saturated heterocycles. The molecule has 102 valence electrons. The minimum Gasteiger partial charge on any atom is -0.494 e. The first kappa shape index (κ1) is 15.2. The first-order valence-corrected chi connectivity index (χ1v) is 8.35. The van der Waals surface area contributed by atoms with Gasteiger partial charge in [0, 0.05) is 4.88 Å². The molecule has 1 atom stereocenters. The highest BCUT2D eigenvalue weighted by atomic mass is 79.9. The van der Waals surface area contributed by atoms with Crippen LogP contribution in [0.5, 0.6) is 5.75 Å². The molecule has 2 aromatic rings. The van der Waals surface area contributed by atoms with Gasteiger partial charge < -0.3 is 4.74 Å². The summed E-state index contributed by atoms with van der Waals surface area (Å²) in [5.74, 6) is 0.853. The summed E-state index contributed by atoms with van der Waals surface area (Å²) in [6, 6.07) is 9.78. The fourth-order valence-electron chi connectivity index (χ4n) is 1.63. The van der Waals surface area contributed by atoms with Crippen molar-refractivity contribution in [3.8, 4) is 5.75 Å². The zero-order valence-electron chi connectivity index (χ0n) is 10.3. The van der Waals surface area contributed by atoms with Crippen LogP contribution in [0, 0.1) is 0 Å². The Morgan fingerprint density at radius 3 is 2.79 bits per heavy atom. The molecule has 1 unspecified atom stereocenters. The average molecular weight is 380 g/mol. The molecule has 0 aliphatic carbocycles. The monoisotopic (exact) mass is 378 g/mol. The molecule has 0 saturated carbocycles. The smallest absolute Gasteiger partial charge is 0.119 e. The van der Waals surface area contributed by atoms with Crippen molar-refractivity contribution >= 4 is 50.5 Å². The Hall–Kier alpha value is -0.220. The lowest BCUT2D eigenvalue weighted by atomic mass is 10.1. The van der Waals surface area contributed by atoms with Crippen LogP contribution in [0.3, 0.4) is 0 Å². The van der Waals surface area contributed by atoms with Crippen LogP contribution in [0.1, 0.15) is 29.2 Å². The van der Waals surface area contributed by atoms with E-state index in [4.69, 9.17) is 27.9 Å². The van der Waals surface area contributed by atoms with E-state index >= 15 is 0 Å². The van der Waals surface area contributed by atoms with Gasteiger partial charge in [-0.3, -0.25) is 0 Å². The molecule has 2 rings (SSSR count). The lowest BCUT2D eigenvalue weighted by molar-refractivity contribution is 0.317. The van der Waals surface area contributed by atoms with E-state index in [-0.39, 0.29) is 5.38 Å². The van der Waals surface area contributed by atoms with Gasteiger partial charge in [0.1, 0.15) is 5.75 Å². The quantitative estimate of drug-likeness (QED) is 0.555. The molecule has 0 amide bonds. The number of halogens is 3. The van der Waals surface area contributed by atoms with E-state index in [1.54, 1.807) is 11.3 Å². The number of benzene rings is 1.